The molecule has 3 rings (SSSR count). The van der Waals surface area contributed by atoms with Crippen molar-refractivity contribution in [3.63, 3.8) is 0 Å². The second-order valence-corrected chi connectivity index (χ2v) is 6.55. The van der Waals surface area contributed by atoms with Crippen molar-refractivity contribution in [2.75, 3.05) is 10.6 Å². The molecule has 1 amide bonds. The van der Waals surface area contributed by atoms with E-state index >= 15 is 0 Å². The van der Waals surface area contributed by atoms with E-state index in [-0.39, 0.29) is 12.3 Å². The van der Waals surface area contributed by atoms with Crippen LogP contribution in [0, 0.1) is 5.92 Å². The van der Waals surface area contributed by atoms with E-state index in [2.05, 4.69) is 20.6 Å². The molecule has 0 spiro atoms. The van der Waals surface area contributed by atoms with Gasteiger partial charge in [-0.1, -0.05) is 25.1 Å². The first-order valence-corrected chi connectivity index (χ1v) is 9.32. The molecular formula is C22H22N4O3. The molecule has 0 bridgehead atoms. The summed E-state index contributed by atoms with van der Waals surface area (Å²) in [4.78, 5) is 31.8. The molecule has 3 N–H and O–H groups in total. The maximum Gasteiger partial charge on any atom is 0.307 e. The lowest BCUT2D eigenvalue weighted by atomic mass is 10.0. The van der Waals surface area contributed by atoms with Crippen LogP contribution < -0.4 is 10.6 Å². The van der Waals surface area contributed by atoms with E-state index in [1.54, 1.807) is 25.4 Å². The fourth-order valence-electron chi connectivity index (χ4n) is 2.85. The van der Waals surface area contributed by atoms with Gasteiger partial charge in [0.2, 0.25) is 5.91 Å². The molecule has 1 aromatic carbocycles. The van der Waals surface area contributed by atoms with Crippen molar-refractivity contribution in [1.82, 2.24) is 9.97 Å². The first-order chi connectivity index (χ1) is 14.0. The number of carboxylic acid groups (broad SMARTS) is 1. The smallest absolute Gasteiger partial charge is 0.307 e. The van der Waals surface area contributed by atoms with Gasteiger partial charge in [-0.15, -0.1) is 0 Å². The molecule has 2 heterocycles. The van der Waals surface area contributed by atoms with Crippen LogP contribution in [0.1, 0.15) is 19.8 Å². The van der Waals surface area contributed by atoms with Crippen LogP contribution in [-0.2, 0) is 9.59 Å². The summed E-state index contributed by atoms with van der Waals surface area (Å²) in [5.74, 6) is -0.972. The van der Waals surface area contributed by atoms with Gasteiger partial charge < -0.3 is 15.7 Å². The lowest BCUT2D eigenvalue weighted by molar-refractivity contribution is -0.143. The number of hydrogen-bond donors (Lipinski definition) is 3. The second-order valence-electron chi connectivity index (χ2n) is 6.55. The fraction of sp³-hybridized carbons (Fsp3) is 0.182. The molecule has 0 saturated carbocycles. The highest BCUT2D eigenvalue weighted by Gasteiger charge is 2.19. The van der Waals surface area contributed by atoms with Gasteiger partial charge in [-0.05, 0) is 53.9 Å². The number of rotatable bonds is 8. The number of aliphatic carboxylic acids is 1. The van der Waals surface area contributed by atoms with Crippen molar-refractivity contribution in [2.24, 2.45) is 5.92 Å². The van der Waals surface area contributed by atoms with Gasteiger partial charge in [0.15, 0.2) is 0 Å². The molecule has 0 radical (unpaired) electrons. The van der Waals surface area contributed by atoms with Gasteiger partial charge >= 0.3 is 5.97 Å². The summed E-state index contributed by atoms with van der Waals surface area (Å²) in [6, 6.07) is 17.1. The summed E-state index contributed by atoms with van der Waals surface area (Å²) in [6.07, 6.45) is 3.62. The lowest BCUT2D eigenvalue weighted by Gasteiger charge is -2.11. The van der Waals surface area contributed by atoms with Crippen molar-refractivity contribution in [1.29, 1.82) is 0 Å². The molecule has 7 nitrogen and oxygen atoms in total. The first kappa shape index (κ1) is 20.0. The highest BCUT2D eigenvalue weighted by atomic mass is 16.4. The molecule has 0 saturated heterocycles. The van der Waals surface area contributed by atoms with Gasteiger partial charge in [0.05, 0.1) is 5.92 Å². The number of amides is 1. The molecule has 3 aromatic rings. The number of nitrogens with zero attached hydrogens (tertiary/aromatic N) is 2. The van der Waals surface area contributed by atoms with Gasteiger partial charge in [0.1, 0.15) is 11.6 Å². The van der Waals surface area contributed by atoms with Crippen LogP contribution in [-0.4, -0.2) is 27.0 Å². The van der Waals surface area contributed by atoms with Crippen LogP contribution >= 0.6 is 0 Å². The Labute approximate surface area is 168 Å². The summed E-state index contributed by atoms with van der Waals surface area (Å²) in [5, 5.41) is 15.0. The van der Waals surface area contributed by atoms with Crippen LogP contribution in [0.25, 0.3) is 11.1 Å². The SMILES string of the molecule is CCC(CC(=O)Nc1cc(-c2ccnc(Nc3ccccc3)c2)ccn1)C(=O)O. The first-order valence-electron chi connectivity index (χ1n) is 9.32. The maximum absolute atomic E-state index is 12.2. The van der Waals surface area contributed by atoms with E-state index in [0.29, 0.717) is 18.1 Å². The Hall–Kier alpha value is -3.74. The third-order valence-electron chi connectivity index (χ3n) is 4.44. The minimum atomic E-state index is -0.973. The topological polar surface area (TPSA) is 104 Å². The number of pyridine rings is 2. The van der Waals surface area contributed by atoms with Crippen LogP contribution in [0.5, 0.6) is 0 Å². The molecule has 0 fully saturated rings. The molecular weight excluding hydrogens is 368 g/mol. The summed E-state index contributed by atoms with van der Waals surface area (Å²) in [6.45, 7) is 1.75. The van der Waals surface area contributed by atoms with Crippen molar-refractivity contribution >= 4 is 29.2 Å². The predicted molar refractivity (Wildman–Crippen MR) is 112 cm³/mol. The predicted octanol–water partition coefficient (Wildman–Crippen LogP) is 4.33. The maximum atomic E-state index is 12.2. The van der Waals surface area contributed by atoms with E-state index in [1.807, 2.05) is 48.5 Å². The third-order valence-corrected chi connectivity index (χ3v) is 4.44. The van der Waals surface area contributed by atoms with E-state index in [1.165, 1.54) is 0 Å². The van der Waals surface area contributed by atoms with Gasteiger partial charge in [-0.3, -0.25) is 9.59 Å². The number of carboxylic acids is 1. The molecule has 29 heavy (non-hydrogen) atoms. The Bertz CT molecular complexity index is 992. The van der Waals surface area contributed by atoms with Gasteiger partial charge in [-0.2, -0.15) is 0 Å². The zero-order valence-electron chi connectivity index (χ0n) is 16.0. The van der Waals surface area contributed by atoms with E-state index < -0.39 is 11.9 Å². The summed E-state index contributed by atoms with van der Waals surface area (Å²) in [5.41, 5.74) is 2.70. The number of carbonyl (C=O) groups is 2. The Morgan fingerprint density at radius 1 is 0.966 bits per heavy atom. The van der Waals surface area contributed by atoms with E-state index in [0.717, 1.165) is 16.8 Å². The fourth-order valence-corrected chi connectivity index (χ4v) is 2.85. The normalized spacial score (nSPS) is 11.5. The number of benzene rings is 1. The zero-order chi connectivity index (χ0) is 20.6. The monoisotopic (exact) mass is 390 g/mol. The summed E-state index contributed by atoms with van der Waals surface area (Å²) >= 11 is 0. The minimum absolute atomic E-state index is 0.0852. The molecule has 1 atom stereocenters. The van der Waals surface area contributed by atoms with Crippen molar-refractivity contribution in [2.45, 2.75) is 19.8 Å². The average molecular weight is 390 g/mol. The summed E-state index contributed by atoms with van der Waals surface area (Å²) in [7, 11) is 0. The van der Waals surface area contributed by atoms with E-state index in [9.17, 15) is 9.59 Å². The van der Waals surface area contributed by atoms with Crippen molar-refractivity contribution in [3.8, 4) is 11.1 Å². The highest BCUT2D eigenvalue weighted by molar-refractivity contribution is 5.92. The molecule has 0 aliphatic rings. The van der Waals surface area contributed by atoms with E-state index in [4.69, 9.17) is 5.11 Å². The molecule has 2 aromatic heterocycles. The van der Waals surface area contributed by atoms with Crippen LogP contribution in [0.15, 0.2) is 67.0 Å². The number of aromatic nitrogens is 2. The van der Waals surface area contributed by atoms with Crippen LogP contribution in [0.3, 0.4) is 0 Å². The number of carbonyl (C=O) groups excluding carboxylic acids is 1. The quantitative estimate of drug-likeness (QED) is 0.529. The second kappa shape index (κ2) is 9.45. The van der Waals surface area contributed by atoms with Crippen LogP contribution in [0.4, 0.5) is 17.3 Å². The summed E-state index contributed by atoms with van der Waals surface area (Å²) < 4.78 is 0. The molecule has 0 aliphatic heterocycles. The highest BCUT2D eigenvalue weighted by Crippen LogP contribution is 2.24. The van der Waals surface area contributed by atoms with Gasteiger partial charge in [-0.25, -0.2) is 9.97 Å². The van der Waals surface area contributed by atoms with Gasteiger partial charge in [0, 0.05) is 24.5 Å². The third kappa shape index (κ3) is 5.62. The molecule has 0 aliphatic carbocycles. The average Bonchev–Trinajstić information content (AvgIpc) is 2.73. The Balaban J connectivity index is 1.73. The molecule has 1 unspecified atom stereocenters. The molecule has 7 heteroatoms. The number of para-hydroxylation sites is 1. The minimum Gasteiger partial charge on any atom is -0.481 e. The Morgan fingerprint density at radius 2 is 1.59 bits per heavy atom. The standard InChI is InChI=1S/C22H22N4O3/c1-2-15(22(28)29)14-21(27)26-20-13-17(9-11-24-20)16-8-10-23-19(12-16)25-18-6-4-3-5-7-18/h3-13,15H,2,14H2,1H3,(H,23,25)(H,28,29)(H,24,26,27). The number of hydrogen-bond acceptors (Lipinski definition) is 5. The zero-order valence-corrected chi connectivity index (χ0v) is 16.0. The van der Waals surface area contributed by atoms with Crippen LogP contribution in [0.2, 0.25) is 0 Å². The van der Waals surface area contributed by atoms with Crippen molar-refractivity contribution < 1.29 is 14.7 Å². The number of anilines is 3. The largest absolute Gasteiger partial charge is 0.481 e. The number of nitrogens with one attached hydrogen (secondary N) is 2. The lowest BCUT2D eigenvalue weighted by Crippen LogP contribution is -2.22. The molecule has 148 valence electrons. The van der Waals surface area contributed by atoms with Gasteiger partial charge in [0.25, 0.3) is 0 Å². The Kier molecular flexibility index (Phi) is 6.52. The Morgan fingerprint density at radius 3 is 2.21 bits per heavy atom. The van der Waals surface area contributed by atoms with Crippen molar-refractivity contribution in [3.05, 3.63) is 67.0 Å².